The smallest absolute Gasteiger partial charge is 0.324 e. The van der Waals surface area contributed by atoms with E-state index in [9.17, 15) is 9.59 Å². The Morgan fingerprint density at radius 1 is 1.21 bits per heavy atom. The molecule has 126 valence electrons. The highest BCUT2D eigenvalue weighted by molar-refractivity contribution is 6.07. The van der Waals surface area contributed by atoms with Crippen molar-refractivity contribution in [1.29, 1.82) is 0 Å². The molecular formula is C18H22N4O2. The first kappa shape index (κ1) is 15.2. The van der Waals surface area contributed by atoms with E-state index < -0.39 is 5.54 Å². The molecule has 3 amide bonds. The number of carbonyl (C=O) groups is 2. The minimum Gasteiger partial charge on any atom is -0.342 e. The molecule has 0 radical (unpaired) electrons. The van der Waals surface area contributed by atoms with Crippen molar-refractivity contribution in [3.05, 3.63) is 29.1 Å². The normalized spacial score (nSPS) is 19.4. The fourth-order valence-electron chi connectivity index (χ4n) is 3.85. The lowest BCUT2D eigenvalue weighted by Crippen LogP contribution is -2.48. The monoisotopic (exact) mass is 326 g/mol. The third-order valence-corrected chi connectivity index (χ3v) is 5.11. The number of rotatable bonds is 1. The quantitative estimate of drug-likeness (QED) is 0.788. The zero-order valence-electron chi connectivity index (χ0n) is 14.5. The van der Waals surface area contributed by atoms with Crippen molar-refractivity contribution in [2.24, 2.45) is 5.41 Å². The van der Waals surface area contributed by atoms with E-state index in [1.807, 2.05) is 0 Å². The topological polar surface area (TPSA) is 78.1 Å². The highest BCUT2D eigenvalue weighted by atomic mass is 16.2. The van der Waals surface area contributed by atoms with Gasteiger partial charge in [0.1, 0.15) is 11.4 Å². The van der Waals surface area contributed by atoms with E-state index in [2.05, 4.69) is 43.2 Å². The molecule has 4 rings (SSSR count). The van der Waals surface area contributed by atoms with E-state index in [1.165, 1.54) is 0 Å². The number of nitrogens with zero attached hydrogens (tertiary/aromatic N) is 2. The van der Waals surface area contributed by atoms with Crippen LogP contribution in [0.3, 0.4) is 0 Å². The number of hydrogen-bond acceptors (Lipinski definition) is 3. The summed E-state index contributed by atoms with van der Waals surface area (Å²) in [6.45, 7) is 6.57. The van der Waals surface area contributed by atoms with Crippen molar-refractivity contribution in [3.63, 3.8) is 0 Å². The maximum Gasteiger partial charge on any atom is 0.324 e. The number of aromatic nitrogens is 2. The summed E-state index contributed by atoms with van der Waals surface area (Å²) in [6, 6.07) is 3.83. The predicted molar refractivity (Wildman–Crippen MR) is 90.7 cm³/mol. The number of aromatic amines is 1. The van der Waals surface area contributed by atoms with Gasteiger partial charge in [0.25, 0.3) is 5.91 Å². The Balaban J connectivity index is 1.71. The predicted octanol–water partition coefficient (Wildman–Crippen LogP) is 2.17. The SMILES string of the molecule is CN1C(=O)NC(=O)C12Cc1cc3nc(CC(C)(C)C)[nH]c3cc1C2. The summed E-state index contributed by atoms with van der Waals surface area (Å²) < 4.78 is 0. The van der Waals surface area contributed by atoms with Crippen molar-refractivity contribution in [3.8, 4) is 0 Å². The lowest BCUT2D eigenvalue weighted by atomic mass is 9.92. The van der Waals surface area contributed by atoms with E-state index >= 15 is 0 Å². The van der Waals surface area contributed by atoms with Crippen molar-refractivity contribution >= 4 is 23.0 Å². The number of urea groups is 1. The molecule has 1 aromatic carbocycles. The average molecular weight is 326 g/mol. The Hall–Kier alpha value is -2.37. The molecular weight excluding hydrogens is 304 g/mol. The van der Waals surface area contributed by atoms with Gasteiger partial charge in [-0.1, -0.05) is 20.8 Å². The van der Waals surface area contributed by atoms with E-state index in [0.717, 1.165) is 34.4 Å². The fraction of sp³-hybridized carbons (Fsp3) is 0.500. The largest absolute Gasteiger partial charge is 0.342 e. The molecule has 0 saturated carbocycles. The minimum absolute atomic E-state index is 0.172. The number of imide groups is 1. The number of likely N-dealkylation sites (N-methyl/N-ethyl adjacent to an activating group) is 1. The van der Waals surface area contributed by atoms with Crippen molar-refractivity contribution in [1.82, 2.24) is 20.2 Å². The first-order chi connectivity index (χ1) is 11.2. The highest BCUT2D eigenvalue weighted by Crippen LogP contribution is 2.38. The van der Waals surface area contributed by atoms with Gasteiger partial charge in [-0.25, -0.2) is 9.78 Å². The molecule has 2 aliphatic rings. The highest BCUT2D eigenvalue weighted by Gasteiger charge is 2.54. The van der Waals surface area contributed by atoms with Crippen LogP contribution in [-0.2, 0) is 24.1 Å². The van der Waals surface area contributed by atoms with Crippen LogP contribution in [0.1, 0.15) is 37.7 Å². The number of nitrogens with one attached hydrogen (secondary N) is 2. The summed E-state index contributed by atoms with van der Waals surface area (Å²) in [6.07, 6.45) is 1.99. The molecule has 1 aromatic heterocycles. The van der Waals surface area contributed by atoms with Crippen LogP contribution >= 0.6 is 0 Å². The van der Waals surface area contributed by atoms with Gasteiger partial charge in [-0.3, -0.25) is 10.1 Å². The number of carbonyl (C=O) groups excluding carboxylic acids is 2. The van der Waals surface area contributed by atoms with E-state index in [1.54, 1.807) is 11.9 Å². The zero-order valence-corrected chi connectivity index (χ0v) is 14.5. The second-order valence-electron chi connectivity index (χ2n) is 8.26. The van der Waals surface area contributed by atoms with Gasteiger partial charge in [-0.15, -0.1) is 0 Å². The van der Waals surface area contributed by atoms with Gasteiger partial charge in [0.05, 0.1) is 11.0 Å². The van der Waals surface area contributed by atoms with Gasteiger partial charge < -0.3 is 9.88 Å². The van der Waals surface area contributed by atoms with Gasteiger partial charge in [0, 0.05) is 26.3 Å². The molecule has 1 unspecified atom stereocenters. The number of imidazole rings is 1. The second-order valence-corrected chi connectivity index (χ2v) is 8.26. The van der Waals surface area contributed by atoms with Crippen molar-refractivity contribution < 1.29 is 9.59 Å². The maximum absolute atomic E-state index is 12.3. The number of hydrogen-bond donors (Lipinski definition) is 2. The van der Waals surface area contributed by atoms with Crippen LogP contribution in [-0.4, -0.2) is 39.4 Å². The summed E-state index contributed by atoms with van der Waals surface area (Å²) in [5, 5.41) is 2.43. The molecule has 24 heavy (non-hydrogen) atoms. The molecule has 1 fully saturated rings. The van der Waals surface area contributed by atoms with Crippen LogP contribution in [0, 0.1) is 5.41 Å². The minimum atomic E-state index is -0.771. The fourth-order valence-corrected chi connectivity index (χ4v) is 3.85. The third-order valence-electron chi connectivity index (χ3n) is 5.11. The maximum atomic E-state index is 12.3. The van der Waals surface area contributed by atoms with E-state index in [0.29, 0.717) is 12.8 Å². The number of fused-ring (bicyclic) bond motifs is 2. The molecule has 6 nitrogen and oxygen atoms in total. The Morgan fingerprint density at radius 2 is 1.88 bits per heavy atom. The second kappa shape index (κ2) is 4.59. The Bertz CT molecular complexity index is 832. The lowest BCUT2D eigenvalue weighted by Gasteiger charge is -2.27. The summed E-state index contributed by atoms with van der Waals surface area (Å²) in [5.74, 6) is 0.790. The van der Waals surface area contributed by atoms with Crippen molar-refractivity contribution in [2.75, 3.05) is 7.05 Å². The van der Waals surface area contributed by atoms with Crippen LogP contribution in [0.5, 0.6) is 0 Å². The van der Waals surface area contributed by atoms with E-state index in [-0.39, 0.29) is 17.4 Å². The molecule has 1 aliphatic heterocycles. The summed E-state index contributed by atoms with van der Waals surface area (Å²) in [4.78, 5) is 33.8. The Kier molecular flexibility index (Phi) is 2.90. The molecule has 2 heterocycles. The summed E-state index contributed by atoms with van der Waals surface area (Å²) in [7, 11) is 1.69. The number of H-pyrrole nitrogens is 1. The first-order valence-electron chi connectivity index (χ1n) is 8.28. The van der Waals surface area contributed by atoms with Gasteiger partial charge in [-0.05, 0) is 28.7 Å². The summed E-state index contributed by atoms with van der Waals surface area (Å²) >= 11 is 0. The molecule has 2 aromatic rings. The lowest BCUT2D eigenvalue weighted by molar-refractivity contribution is -0.125. The number of benzene rings is 1. The standard InChI is InChI=1S/C18H22N4O2/c1-17(2,3)9-14-19-12-5-10-7-18(8-11(10)6-13(12)20-14)15(23)21-16(24)22(18)4/h5-6H,7-9H2,1-4H3,(H,19,20)(H,21,23,24). The van der Waals surface area contributed by atoms with Gasteiger partial charge in [0.2, 0.25) is 0 Å². The van der Waals surface area contributed by atoms with Gasteiger partial charge in [0.15, 0.2) is 0 Å². The van der Waals surface area contributed by atoms with Crippen LogP contribution in [0.2, 0.25) is 0 Å². The van der Waals surface area contributed by atoms with Crippen molar-refractivity contribution in [2.45, 2.75) is 45.6 Å². The van der Waals surface area contributed by atoms with Gasteiger partial charge in [-0.2, -0.15) is 0 Å². The molecule has 1 saturated heterocycles. The Morgan fingerprint density at radius 3 is 2.46 bits per heavy atom. The van der Waals surface area contributed by atoms with Crippen LogP contribution in [0.15, 0.2) is 12.1 Å². The molecule has 1 spiro atoms. The Labute approximate surface area is 140 Å². The molecule has 6 heteroatoms. The van der Waals surface area contributed by atoms with Gasteiger partial charge >= 0.3 is 6.03 Å². The summed E-state index contributed by atoms with van der Waals surface area (Å²) in [5.41, 5.74) is 3.55. The first-order valence-corrected chi connectivity index (χ1v) is 8.28. The molecule has 1 aliphatic carbocycles. The molecule has 2 N–H and O–H groups in total. The molecule has 0 bridgehead atoms. The average Bonchev–Trinajstić information content (AvgIpc) is 3.06. The molecule has 1 atom stereocenters. The van der Waals surface area contributed by atoms with E-state index in [4.69, 9.17) is 4.98 Å². The third kappa shape index (κ3) is 2.12. The van der Waals surface area contributed by atoms with Crippen LogP contribution < -0.4 is 5.32 Å². The number of amides is 3. The van der Waals surface area contributed by atoms with Crippen LogP contribution in [0.4, 0.5) is 4.79 Å². The zero-order chi connectivity index (χ0) is 17.3. The van der Waals surface area contributed by atoms with Crippen LogP contribution in [0.25, 0.3) is 11.0 Å².